The molecule has 0 saturated heterocycles. The fourth-order valence-corrected chi connectivity index (χ4v) is 1.54. The van der Waals surface area contributed by atoms with Crippen molar-refractivity contribution in [3.05, 3.63) is 35.7 Å². The summed E-state index contributed by atoms with van der Waals surface area (Å²) in [6.07, 6.45) is 0. The van der Waals surface area contributed by atoms with Crippen LogP contribution in [0.4, 0.5) is 11.6 Å². The van der Waals surface area contributed by atoms with Gasteiger partial charge in [0.1, 0.15) is 0 Å². The number of para-hydroxylation sites is 1. The molecule has 1 heterocycles. The Hall–Kier alpha value is -2.41. The Kier molecular flexibility index (Phi) is 4.09. The summed E-state index contributed by atoms with van der Waals surface area (Å²) in [6, 6.07) is 7.41. The van der Waals surface area contributed by atoms with Crippen molar-refractivity contribution in [3.8, 4) is 0 Å². The second-order valence-corrected chi connectivity index (χ2v) is 3.79. The Morgan fingerprint density at radius 2 is 2.26 bits per heavy atom. The van der Waals surface area contributed by atoms with Crippen LogP contribution in [0.15, 0.2) is 24.3 Å². The lowest BCUT2D eigenvalue weighted by molar-refractivity contribution is 0.101. The van der Waals surface area contributed by atoms with Gasteiger partial charge in [-0.15, -0.1) is 5.10 Å². The second-order valence-electron chi connectivity index (χ2n) is 3.79. The number of amides is 1. The Morgan fingerprint density at radius 3 is 2.95 bits per heavy atom. The molecule has 1 aromatic carbocycles. The number of benzene rings is 1. The highest BCUT2D eigenvalue weighted by atomic mass is 16.5. The van der Waals surface area contributed by atoms with E-state index in [0.717, 1.165) is 5.56 Å². The molecule has 19 heavy (non-hydrogen) atoms. The number of carbonyl (C=O) groups excluding carboxylic acids is 1. The topological polar surface area (TPSA) is 106 Å². The highest BCUT2D eigenvalue weighted by molar-refractivity contribution is 6.02. The van der Waals surface area contributed by atoms with Crippen LogP contribution < -0.4 is 11.1 Å². The maximum atomic E-state index is 11.9. The van der Waals surface area contributed by atoms with Gasteiger partial charge in [0.05, 0.1) is 6.61 Å². The SMILES string of the molecule is CCOCc1ccccc1NC(=O)c1nc(N)n[nH]1. The van der Waals surface area contributed by atoms with Crippen molar-refractivity contribution >= 4 is 17.5 Å². The molecule has 2 aromatic rings. The molecule has 0 saturated carbocycles. The summed E-state index contributed by atoms with van der Waals surface area (Å²) >= 11 is 0. The zero-order chi connectivity index (χ0) is 13.7. The third-order valence-corrected chi connectivity index (χ3v) is 2.45. The number of nitrogens with two attached hydrogens (primary N) is 1. The van der Waals surface area contributed by atoms with Gasteiger partial charge in [-0.05, 0) is 13.0 Å². The molecule has 7 heteroatoms. The predicted molar refractivity (Wildman–Crippen MR) is 70.5 cm³/mol. The van der Waals surface area contributed by atoms with Gasteiger partial charge < -0.3 is 15.8 Å². The third kappa shape index (κ3) is 3.29. The summed E-state index contributed by atoms with van der Waals surface area (Å²) in [7, 11) is 0. The van der Waals surface area contributed by atoms with Crippen LogP contribution in [0.2, 0.25) is 0 Å². The molecule has 0 unspecified atom stereocenters. The average Bonchev–Trinajstić information content (AvgIpc) is 2.84. The first-order valence-electron chi connectivity index (χ1n) is 5.85. The summed E-state index contributed by atoms with van der Waals surface area (Å²) < 4.78 is 5.34. The van der Waals surface area contributed by atoms with E-state index in [-0.39, 0.29) is 11.8 Å². The van der Waals surface area contributed by atoms with Gasteiger partial charge >= 0.3 is 0 Å². The smallest absolute Gasteiger partial charge is 0.293 e. The lowest BCUT2D eigenvalue weighted by Gasteiger charge is -2.09. The van der Waals surface area contributed by atoms with E-state index < -0.39 is 5.91 Å². The van der Waals surface area contributed by atoms with Crippen LogP contribution in [-0.2, 0) is 11.3 Å². The van der Waals surface area contributed by atoms with Gasteiger partial charge in [-0.3, -0.25) is 9.89 Å². The molecular formula is C12H15N5O2. The first-order valence-corrected chi connectivity index (χ1v) is 5.85. The lowest BCUT2D eigenvalue weighted by atomic mass is 10.2. The van der Waals surface area contributed by atoms with Crippen LogP contribution in [0.25, 0.3) is 0 Å². The molecular weight excluding hydrogens is 246 g/mol. The zero-order valence-electron chi connectivity index (χ0n) is 10.5. The first kappa shape index (κ1) is 13.0. The molecule has 7 nitrogen and oxygen atoms in total. The molecule has 0 aliphatic carbocycles. The fraction of sp³-hybridized carbons (Fsp3) is 0.250. The van der Waals surface area contributed by atoms with E-state index in [4.69, 9.17) is 10.5 Å². The number of nitrogens with one attached hydrogen (secondary N) is 2. The first-order chi connectivity index (χ1) is 9.20. The van der Waals surface area contributed by atoms with E-state index in [1.807, 2.05) is 25.1 Å². The van der Waals surface area contributed by atoms with Crippen LogP contribution >= 0.6 is 0 Å². The van der Waals surface area contributed by atoms with Gasteiger partial charge in [-0.2, -0.15) is 4.98 Å². The summed E-state index contributed by atoms with van der Waals surface area (Å²) in [5.74, 6) is -0.287. The molecule has 0 aliphatic rings. The standard InChI is InChI=1S/C12H15N5O2/c1-2-19-7-8-5-3-4-6-9(8)14-11(18)10-15-12(13)17-16-10/h3-6H,2,7H2,1H3,(H,14,18)(H3,13,15,16,17). The van der Waals surface area contributed by atoms with Crippen molar-refractivity contribution in [1.29, 1.82) is 0 Å². The third-order valence-electron chi connectivity index (χ3n) is 2.45. The summed E-state index contributed by atoms with van der Waals surface area (Å²) in [5.41, 5.74) is 6.92. The minimum absolute atomic E-state index is 0.0350. The van der Waals surface area contributed by atoms with Crippen LogP contribution in [0.1, 0.15) is 23.1 Å². The maximum absolute atomic E-state index is 11.9. The van der Waals surface area contributed by atoms with Gasteiger partial charge in [0, 0.05) is 17.9 Å². The number of aromatic amines is 1. The van der Waals surface area contributed by atoms with Crippen molar-refractivity contribution in [2.24, 2.45) is 0 Å². The molecule has 100 valence electrons. The number of aromatic nitrogens is 3. The monoisotopic (exact) mass is 261 g/mol. The largest absolute Gasteiger partial charge is 0.377 e. The molecule has 0 spiro atoms. The van der Waals surface area contributed by atoms with Crippen molar-refractivity contribution < 1.29 is 9.53 Å². The Bertz CT molecular complexity index is 567. The highest BCUT2D eigenvalue weighted by Crippen LogP contribution is 2.16. The van der Waals surface area contributed by atoms with Gasteiger partial charge in [0.15, 0.2) is 0 Å². The molecule has 4 N–H and O–H groups in total. The van der Waals surface area contributed by atoms with E-state index in [1.54, 1.807) is 6.07 Å². The lowest BCUT2D eigenvalue weighted by Crippen LogP contribution is -2.15. The van der Waals surface area contributed by atoms with Crippen LogP contribution in [0.5, 0.6) is 0 Å². The van der Waals surface area contributed by atoms with Gasteiger partial charge in [-0.25, -0.2) is 0 Å². The van der Waals surface area contributed by atoms with Crippen molar-refractivity contribution in [1.82, 2.24) is 15.2 Å². The van der Waals surface area contributed by atoms with E-state index in [0.29, 0.717) is 18.9 Å². The normalized spacial score (nSPS) is 10.4. The van der Waals surface area contributed by atoms with E-state index in [2.05, 4.69) is 20.5 Å². The van der Waals surface area contributed by atoms with Crippen molar-refractivity contribution in [2.75, 3.05) is 17.7 Å². The van der Waals surface area contributed by atoms with Crippen molar-refractivity contribution in [2.45, 2.75) is 13.5 Å². The van der Waals surface area contributed by atoms with E-state index in [1.165, 1.54) is 0 Å². The fourth-order valence-electron chi connectivity index (χ4n) is 1.54. The number of H-pyrrole nitrogens is 1. The van der Waals surface area contributed by atoms with E-state index >= 15 is 0 Å². The zero-order valence-corrected chi connectivity index (χ0v) is 10.5. The summed E-state index contributed by atoms with van der Waals surface area (Å²) in [5, 5.41) is 8.81. The number of hydrogen-bond donors (Lipinski definition) is 3. The highest BCUT2D eigenvalue weighted by Gasteiger charge is 2.12. The molecule has 0 radical (unpaired) electrons. The Labute approximate surface area is 110 Å². The molecule has 0 bridgehead atoms. The minimum Gasteiger partial charge on any atom is -0.377 e. The van der Waals surface area contributed by atoms with Gasteiger partial charge in [-0.1, -0.05) is 18.2 Å². The number of nitrogens with zero attached hydrogens (tertiary/aromatic N) is 2. The van der Waals surface area contributed by atoms with Gasteiger partial charge in [0.25, 0.3) is 5.91 Å². The molecule has 2 rings (SSSR count). The summed E-state index contributed by atoms with van der Waals surface area (Å²) in [6.45, 7) is 2.96. The molecule has 1 aromatic heterocycles. The average molecular weight is 261 g/mol. The predicted octanol–water partition coefficient (Wildman–Crippen LogP) is 1.18. The number of nitrogen functional groups attached to an aromatic ring is 1. The maximum Gasteiger partial charge on any atom is 0.293 e. The number of carbonyl (C=O) groups is 1. The van der Waals surface area contributed by atoms with Crippen molar-refractivity contribution in [3.63, 3.8) is 0 Å². The number of hydrogen-bond acceptors (Lipinski definition) is 5. The van der Waals surface area contributed by atoms with Crippen LogP contribution in [0.3, 0.4) is 0 Å². The van der Waals surface area contributed by atoms with Crippen LogP contribution in [-0.4, -0.2) is 27.7 Å². The summed E-state index contributed by atoms with van der Waals surface area (Å²) in [4.78, 5) is 15.7. The Balaban J connectivity index is 2.12. The number of rotatable bonds is 5. The molecule has 0 atom stereocenters. The second kappa shape index (κ2) is 5.96. The number of ether oxygens (including phenoxy) is 1. The molecule has 1 amide bonds. The Morgan fingerprint density at radius 1 is 1.47 bits per heavy atom. The molecule has 0 aliphatic heterocycles. The number of anilines is 2. The molecule has 0 fully saturated rings. The van der Waals surface area contributed by atoms with Crippen LogP contribution in [0, 0.1) is 0 Å². The van der Waals surface area contributed by atoms with E-state index in [9.17, 15) is 4.79 Å². The minimum atomic E-state index is -0.395. The van der Waals surface area contributed by atoms with Gasteiger partial charge in [0.2, 0.25) is 11.8 Å². The quantitative estimate of drug-likeness (QED) is 0.749.